The summed E-state index contributed by atoms with van der Waals surface area (Å²) in [6, 6.07) is 6.51. The Morgan fingerprint density at radius 2 is 2.16 bits per heavy atom. The van der Waals surface area contributed by atoms with Crippen molar-refractivity contribution in [1.29, 1.82) is 0 Å². The van der Waals surface area contributed by atoms with Gasteiger partial charge in [0.2, 0.25) is 0 Å². The van der Waals surface area contributed by atoms with E-state index in [2.05, 4.69) is 15.1 Å². The maximum atomic E-state index is 11.9. The molecule has 3 rings (SSSR count). The summed E-state index contributed by atoms with van der Waals surface area (Å²) >= 11 is 0. The number of H-pyrrole nitrogens is 1. The predicted octanol–water partition coefficient (Wildman–Crippen LogP) is 0.783. The third-order valence-corrected chi connectivity index (χ3v) is 2.66. The lowest BCUT2D eigenvalue weighted by Gasteiger charge is -2.00. The number of fused-ring (bicyclic) bond motifs is 1. The fourth-order valence-electron chi connectivity index (χ4n) is 1.78. The summed E-state index contributed by atoms with van der Waals surface area (Å²) < 4.78 is 1.08. The molecule has 0 amide bonds. The number of carboxylic acid groups (broad SMARTS) is 1. The lowest BCUT2D eigenvalue weighted by atomic mass is 10.2. The summed E-state index contributed by atoms with van der Waals surface area (Å²) in [5.74, 6) is -1.15. The predicted molar refractivity (Wildman–Crippen MR) is 66.0 cm³/mol. The van der Waals surface area contributed by atoms with Gasteiger partial charge < -0.3 is 5.11 Å². The van der Waals surface area contributed by atoms with Gasteiger partial charge in [-0.15, -0.1) is 0 Å². The number of hydrogen-bond donors (Lipinski definition) is 2. The van der Waals surface area contributed by atoms with Crippen LogP contribution in [0.3, 0.4) is 0 Å². The van der Waals surface area contributed by atoms with Crippen LogP contribution in [0.4, 0.5) is 0 Å². The van der Waals surface area contributed by atoms with Crippen LogP contribution >= 0.6 is 0 Å². The van der Waals surface area contributed by atoms with Crippen LogP contribution in [0.5, 0.6) is 0 Å². The highest BCUT2D eigenvalue weighted by Crippen LogP contribution is 2.14. The van der Waals surface area contributed by atoms with Crippen molar-refractivity contribution in [3.8, 4) is 11.4 Å². The standard InChI is InChI=1S/C12H8N4O3/c17-10-5-9(8-3-1-2-4-13-8)15-11-7(12(18)19)6-14-16(10)11/h1-6,14H,(H,18,19). The van der Waals surface area contributed by atoms with Crippen molar-refractivity contribution < 1.29 is 9.90 Å². The molecule has 0 fully saturated rings. The van der Waals surface area contributed by atoms with Crippen molar-refractivity contribution >= 4 is 11.6 Å². The summed E-state index contributed by atoms with van der Waals surface area (Å²) in [4.78, 5) is 31.2. The molecule has 94 valence electrons. The second-order valence-corrected chi connectivity index (χ2v) is 3.85. The SMILES string of the molecule is O=C(O)c1c[nH]n2c(=O)cc(-c3ccccn3)nc12. The molecule has 7 heteroatoms. The van der Waals surface area contributed by atoms with E-state index in [0.29, 0.717) is 11.4 Å². The lowest BCUT2D eigenvalue weighted by Crippen LogP contribution is -2.15. The zero-order chi connectivity index (χ0) is 13.4. The van der Waals surface area contributed by atoms with Crippen LogP contribution in [0.1, 0.15) is 10.4 Å². The number of nitrogens with zero attached hydrogens (tertiary/aromatic N) is 3. The van der Waals surface area contributed by atoms with Gasteiger partial charge in [-0.2, -0.15) is 0 Å². The van der Waals surface area contributed by atoms with Gasteiger partial charge in [-0.05, 0) is 12.1 Å². The normalized spacial score (nSPS) is 10.7. The molecule has 19 heavy (non-hydrogen) atoms. The number of aromatic carboxylic acids is 1. The Bertz CT molecular complexity index is 820. The largest absolute Gasteiger partial charge is 0.477 e. The number of aromatic amines is 1. The van der Waals surface area contributed by atoms with Crippen molar-refractivity contribution in [3.05, 3.63) is 52.6 Å². The monoisotopic (exact) mass is 256 g/mol. The van der Waals surface area contributed by atoms with Gasteiger partial charge in [-0.3, -0.25) is 14.9 Å². The highest BCUT2D eigenvalue weighted by atomic mass is 16.4. The number of hydrogen-bond acceptors (Lipinski definition) is 4. The fraction of sp³-hybridized carbons (Fsp3) is 0. The molecule has 3 aromatic rings. The van der Waals surface area contributed by atoms with Gasteiger partial charge in [0.05, 0.1) is 11.4 Å². The second kappa shape index (κ2) is 4.05. The zero-order valence-electron chi connectivity index (χ0n) is 9.57. The number of nitrogens with one attached hydrogen (secondary N) is 1. The summed E-state index contributed by atoms with van der Waals surface area (Å²) in [5.41, 5.74) is 0.473. The number of rotatable bonds is 2. The maximum absolute atomic E-state index is 11.9. The van der Waals surface area contributed by atoms with Gasteiger partial charge >= 0.3 is 5.97 Å². The Morgan fingerprint density at radius 1 is 1.32 bits per heavy atom. The molecule has 0 saturated carbocycles. The minimum Gasteiger partial charge on any atom is -0.477 e. The molecule has 0 saturated heterocycles. The number of carbonyl (C=O) groups is 1. The molecule has 0 radical (unpaired) electrons. The topological polar surface area (TPSA) is 100 Å². The van der Waals surface area contributed by atoms with E-state index < -0.39 is 11.5 Å². The molecule has 3 heterocycles. The molecule has 0 spiro atoms. The fourth-order valence-corrected chi connectivity index (χ4v) is 1.78. The molecule has 3 aromatic heterocycles. The Hall–Kier alpha value is -2.96. The van der Waals surface area contributed by atoms with E-state index in [1.165, 1.54) is 12.3 Å². The van der Waals surface area contributed by atoms with Gasteiger partial charge in [0.15, 0.2) is 5.65 Å². The third-order valence-electron chi connectivity index (χ3n) is 2.66. The number of aromatic nitrogens is 4. The van der Waals surface area contributed by atoms with Gasteiger partial charge in [0, 0.05) is 18.5 Å². The molecule has 2 N–H and O–H groups in total. The van der Waals surface area contributed by atoms with E-state index in [1.54, 1.807) is 24.4 Å². The first-order valence-electron chi connectivity index (χ1n) is 5.43. The van der Waals surface area contributed by atoms with Crippen molar-refractivity contribution in [2.24, 2.45) is 0 Å². The average Bonchev–Trinajstić information content (AvgIpc) is 2.84. The van der Waals surface area contributed by atoms with Crippen LogP contribution in [-0.2, 0) is 0 Å². The highest BCUT2D eigenvalue weighted by molar-refractivity contribution is 5.94. The van der Waals surface area contributed by atoms with Crippen molar-refractivity contribution in [3.63, 3.8) is 0 Å². The minimum absolute atomic E-state index is 0.0603. The smallest absolute Gasteiger partial charge is 0.341 e. The first-order chi connectivity index (χ1) is 9.16. The van der Waals surface area contributed by atoms with Gasteiger partial charge in [0.25, 0.3) is 5.56 Å². The van der Waals surface area contributed by atoms with Crippen LogP contribution in [0.15, 0.2) is 41.5 Å². The Balaban J connectivity index is 2.32. The summed E-state index contributed by atoms with van der Waals surface area (Å²) in [6.07, 6.45) is 2.81. The molecular weight excluding hydrogens is 248 g/mol. The Labute approximate surface area is 106 Å². The van der Waals surface area contributed by atoms with Crippen LogP contribution in [0.25, 0.3) is 17.0 Å². The average molecular weight is 256 g/mol. The summed E-state index contributed by atoms with van der Waals surface area (Å²) in [6.45, 7) is 0. The molecule has 0 atom stereocenters. The lowest BCUT2D eigenvalue weighted by molar-refractivity contribution is 0.0699. The molecule has 0 aromatic carbocycles. The highest BCUT2D eigenvalue weighted by Gasteiger charge is 2.15. The van der Waals surface area contributed by atoms with E-state index in [9.17, 15) is 9.59 Å². The van der Waals surface area contributed by atoms with Gasteiger partial charge in [0.1, 0.15) is 5.56 Å². The maximum Gasteiger partial charge on any atom is 0.341 e. The molecule has 0 unspecified atom stereocenters. The first-order valence-corrected chi connectivity index (χ1v) is 5.43. The zero-order valence-corrected chi connectivity index (χ0v) is 9.57. The Kier molecular flexibility index (Phi) is 2.38. The molecule has 7 nitrogen and oxygen atoms in total. The van der Waals surface area contributed by atoms with Gasteiger partial charge in [-0.1, -0.05) is 6.07 Å². The van der Waals surface area contributed by atoms with E-state index in [0.717, 1.165) is 4.52 Å². The van der Waals surface area contributed by atoms with Crippen LogP contribution < -0.4 is 5.56 Å². The summed E-state index contributed by atoms with van der Waals surface area (Å²) in [5, 5.41) is 11.6. The molecule has 0 aliphatic carbocycles. The number of pyridine rings is 1. The van der Waals surface area contributed by atoms with Crippen LogP contribution in [0, 0.1) is 0 Å². The van der Waals surface area contributed by atoms with Crippen LogP contribution in [0.2, 0.25) is 0 Å². The second-order valence-electron chi connectivity index (χ2n) is 3.85. The Morgan fingerprint density at radius 3 is 2.84 bits per heavy atom. The third kappa shape index (κ3) is 1.77. The quantitative estimate of drug-likeness (QED) is 0.705. The van der Waals surface area contributed by atoms with Crippen molar-refractivity contribution in [2.45, 2.75) is 0 Å². The van der Waals surface area contributed by atoms with Crippen molar-refractivity contribution in [2.75, 3.05) is 0 Å². The number of carboxylic acids is 1. The van der Waals surface area contributed by atoms with E-state index in [4.69, 9.17) is 5.11 Å². The van der Waals surface area contributed by atoms with Gasteiger partial charge in [-0.25, -0.2) is 14.3 Å². The molecule has 0 bridgehead atoms. The molecular formula is C12H8N4O3. The van der Waals surface area contributed by atoms with Crippen LogP contribution in [-0.4, -0.2) is 30.7 Å². The van der Waals surface area contributed by atoms with Crippen molar-refractivity contribution in [1.82, 2.24) is 19.6 Å². The summed E-state index contributed by atoms with van der Waals surface area (Å²) in [7, 11) is 0. The van der Waals surface area contributed by atoms with E-state index in [1.807, 2.05) is 0 Å². The molecule has 0 aliphatic heterocycles. The minimum atomic E-state index is -1.15. The first kappa shape index (κ1) is 11.1. The molecule has 0 aliphatic rings. The van der Waals surface area contributed by atoms with E-state index >= 15 is 0 Å². The van der Waals surface area contributed by atoms with E-state index in [-0.39, 0.29) is 11.2 Å².